The highest BCUT2D eigenvalue weighted by atomic mass is 16.3. The van der Waals surface area contributed by atoms with E-state index in [1.807, 2.05) is 0 Å². The summed E-state index contributed by atoms with van der Waals surface area (Å²) in [7, 11) is 0. The Labute approximate surface area is 103 Å². The summed E-state index contributed by atoms with van der Waals surface area (Å²) < 4.78 is 0. The zero-order chi connectivity index (χ0) is 12.3. The Morgan fingerprint density at radius 1 is 1.18 bits per heavy atom. The molecule has 1 aliphatic rings. The SMILES string of the molecule is Cc1ccc(N2CCC(O)(CCO)CC2)cc1. The molecule has 3 nitrogen and oxygen atoms in total. The summed E-state index contributed by atoms with van der Waals surface area (Å²) >= 11 is 0. The summed E-state index contributed by atoms with van der Waals surface area (Å²) in [5, 5.41) is 19.1. The highest BCUT2D eigenvalue weighted by Crippen LogP contribution is 2.28. The second-order valence-electron chi connectivity index (χ2n) is 5.02. The van der Waals surface area contributed by atoms with Gasteiger partial charge in [0.05, 0.1) is 5.60 Å². The van der Waals surface area contributed by atoms with Crippen LogP contribution < -0.4 is 4.90 Å². The van der Waals surface area contributed by atoms with E-state index in [4.69, 9.17) is 5.11 Å². The maximum absolute atomic E-state index is 10.2. The van der Waals surface area contributed by atoms with Crippen LogP contribution in [-0.4, -0.2) is 35.5 Å². The standard InChI is InChI=1S/C14H21NO2/c1-12-2-4-13(5-3-12)15-9-6-14(17,7-10-15)8-11-16/h2-5,16-17H,6-11H2,1H3. The normalized spacial score (nSPS) is 19.4. The second kappa shape index (κ2) is 5.07. The van der Waals surface area contributed by atoms with Crippen molar-refractivity contribution in [3.05, 3.63) is 29.8 Å². The Bertz CT molecular complexity index is 353. The molecule has 0 spiro atoms. The molecule has 1 saturated heterocycles. The minimum Gasteiger partial charge on any atom is -0.396 e. The third-order valence-electron chi connectivity index (χ3n) is 3.67. The number of nitrogens with zero attached hydrogens (tertiary/aromatic N) is 1. The van der Waals surface area contributed by atoms with Crippen molar-refractivity contribution in [3.8, 4) is 0 Å². The van der Waals surface area contributed by atoms with E-state index in [9.17, 15) is 5.11 Å². The average Bonchev–Trinajstić information content (AvgIpc) is 2.31. The van der Waals surface area contributed by atoms with Gasteiger partial charge in [0.2, 0.25) is 0 Å². The number of hydrogen-bond acceptors (Lipinski definition) is 3. The second-order valence-corrected chi connectivity index (χ2v) is 5.02. The fraction of sp³-hybridized carbons (Fsp3) is 0.571. The first-order valence-corrected chi connectivity index (χ1v) is 6.28. The number of benzene rings is 1. The first-order valence-electron chi connectivity index (χ1n) is 6.28. The van der Waals surface area contributed by atoms with Gasteiger partial charge in [-0.15, -0.1) is 0 Å². The quantitative estimate of drug-likeness (QED) is 0.838. The lowest BCUT2D eigenvalue weighted by Gasteiger charge is -2.39. The zero-order valence-electron chi connectivity index (χ0n) is 10.4. The van der Waals surface area contributed by atoms with Gasteiger partial charge in [-0.3, -0.25) is 0 Å². The van der Waals surface area contributed by atoms with Crippen LogP contribution in [0, 0.1) is 6.92 Å². The molecule has 17 heavy (non-hydrogen) atoms. The van der Waals surface area contributed by atoms with Crippen LogP contribution in [0.2, 0.25) is 0 Å². The Kier molecular flexibility index (Phi) is 3.69. The number of piperidine rings is 1. The molecule has 0 atom stereocenters. The van der Waals surface area contributed by atoms with Gasteiger partial charge in [0, 0.05) is 25.4 Å². The first-order chi connectivity index (χ1) is 8.13. The molecule has 0 aliphatic carbocycles. The van der Waals surface area contributed by atoms with Crippen LogP contribution in [0.5, 0.6) is 0 Å². The van der Waals surface area contributed by atoms with Crippen molar-refractivity contribution in [2.45, 2.75) is 31.8 Å². The lowest BCUT2D eigenvalue weighted by Crippen LogP contribution is -2.44. The average molecular weight is 235 g/mol. The summed E-state index contributed by atoms with van der Waals surface area (Å²) in [6.45, 7) is 3.88. The molecule has 1 heterocycles. The van der Waals surface area contributed by atoms with Gasteiger partial charge in [0.1, 0.15) is 0 Å². The molecule has 1 aliphatic heterocycles. The van der Waals surface area contributed by atoms with E-state index in [2.05, 4.69) is 36.1 Å². The van der Waals surface area contributed by atoms with E-state index in [0.717, 1.165) is 25.9 Å². The summed E-state index contributed by atoms with van der Waals surface area (Å²) in [6.07, 6.45) is 1.97. The highest BCUT2D eigenvalue weighted by molar-refractivity contribution is 5.47. The monoisotopic (exact) mass is 235 g/mol. The lowest BCUT2D eigenvalue weighted by atomic mass is 9.88. The van der Waals surface area contributed by atoms with Gasteiger partial charge in [0.15, 0.2) is 0 Å². The van der Waals surface area contributed by atoms with Gasteiger partial charge in [-0.1, -0.05) is 17.7 Å². The number of aliphatic hydroxyl groups excluding tert-OH is 1. The van der Waals surface area contributed by atoms with Crippen LogP contribution in [0.3, 0.4) is 0 Å². The molecule has 2 rings (SSSR count). The molecule has 1 aromatic rings. The van der Waals surface area contributed by atoms with Crippen LogP contribution in [0.1, 0.15) is 24.8 Å². The Morgan fingerprint density at radius 3 is 2.29 bits per heavy atom. The predicted octanol–water partition coefficient (Wildman–Crippen LogP) is 1.71. The number of anilines is 1. The van der Waals surface area contributed by atoms with Gasteiger partial charge >= 0.3 is 0 Å². The molecule has 1 aromatic carbocycles. The molecule has 0 amide bonds. The van der Waals surface area contributed by atoms with Crippen molar-refractivity contribution >= 4 is 5.69 Å². The molecular formula is C14H21NO2. The highest BCUT2D eigenvalue weighted by Gasteiger charge is 2.31. The van der Waals surface area contributed by atoms with Gasteiger partial charge < -0.3 is 15.1 Å². The van der Waals surface area contributed by atoms with Crippen molar-refractivity contribution in [2.24, 2.45) is 0 Å². The number of hydrogen-bond donors (Lipinski definition) is 2. The summed E-state index contributed by atoms with van der Waals surface area (Å²) in [4.78, 5) is 2.30. The molecule has 0 saturated carbocycles. The van der Waals surface area contributed by atoms with Gasteiger partial charge in [-0.25, -0.2) is 0 Å². The van der Waals surface area contributed by atoms with Crippen molar-refractivity contribution < 1.29 is 10.2 Å². The van der Waals surface area contributed by atoms with Crippen molar-refractivity contribution in [3.63, 3.8) is 0 Å². The number of aliphatic hydroxyl groups is 2. The smallest absolute Gasteiger partial charge is 0.0703 e. The summed E-state index contributed by atoms with van der Waals surface area (Å²) in [6, 6.07) is 8.49. The minimum absolute atomic E-state index is 0.0705. The third-order valence-corrected chi connectivity index (χ3v) is 3.67. The molecule has 0 aromatic heterocycles. The van der Waals surface area contributed by atoms with Gasteiger partial charge in [0.25, 0.3) is 0 Å². The molecule has 0 unspecified atom stereocenters. The Morgan fingerprint density at radius 2 is 1.76 bits per heavy atom. The number of aryl methyl sites for hydroxylation is 1. The lowest BCUT2D eigenvalue weighted by molar-refractivity contribution is -0.00533. The largest absolute Gasteiger partial charge is 0.396 e. The van der Waals surface area contributed by atoms with E-state index < -0.39 is 5.60 Å². The topological polar surface area (TPSA) is 43.7 Å². The van der Waals surface area contributed by atoms with Gasteiger partial charge in [-0.2, -0.15) is 0 Å². The third kappa shape index (κ3) is 2.99. The summed E-state index contributed by atoms with van der Waals surface area (Å²) in [5.74, 6) is 0. The molecular weight excluding hydrogens is 214 g/mol. The molecule has 3 heteroatoms. The minimum atomic E-state index is -0.657. The van der Waals surface area contributed by atoms with Crippen molar-refractivity contribution in [2.75, 3.05) is 24.6 Å². The van der Waals surface area contributed by atoms with E-state index in [0.29, 0.717) is 6.42 Å². The predicted molar refractivity (Wildman–Crippen MR) is 69.3 cm³/mol. The molecule has 0 bridgehead atoms. The summed E-state index contributed by atoms with van der Waals surface area (Å²) in [5.41, 5.74) is 1.83. The van der Waals surface area contributed by atoms with E-state index in [1.54, 1.807) is 0 Å². The maximum atomic E-state index is 10.2. The van der Waals surface area contributed by atoms with Gasteiger partial charge in [-0.05, 0) is 38.3 Å². The molecule has 0 radical (unpaired) electrons. The van der Waals surface area contributed by atoms with Crippen LogP contribution >= 0.6 is 0 Å². The van der Waals surface area contributed by atoms with Crippen molar-refractivity contribution in [1.29, 1.82) is 0 Å². The molecule has 2 N–H and O–H groups in total. The van der Waals surface area contributed by atoms with Crippen molar-refractivity contribution in [1.82, 2.24) is 0 Å². The van der Waals surface area contributed by atoms with Crippen LogP contribution in [-0.2, 0) is 0 Å². The van der Waals surface area contributed by atoms with Crippen LogP contribution in [0.4, 0.5) is 5.69 Å². The number of rotatable bonds is 3. The molecule has 94 valence electrons. The van der Waals surface area contributed by atoms with E-state index >= 15 is 0 Å². The first kappa shape index (κ1) is 12.4. The fourth-order valence-corrected chi connectivity index (χ4v) is 2.39. The molecule has 1 fully saturated rings. The Balaban J connectivity index is 1.97. The van der Waals surface area contributed by atoms with Crippen LogP contribution in [0.25, 0.3) is 0 Å². The Hall–Kier alpha value is -1.06. The van der Waals surface area contributed by atoms with E-state index in [1.165, 1.54) is 11.3 Å². The van der Waals surface area contributed by atoms with Crippen LogP contribution in [0.15, 0.2) is 24.3 Å². The fourth-order valence-electron chi connectivity index (χ4n) is 2.39. The zero-order valence-corrected chi connectivity index (χ0v) is 10.4. The van der Waals surface area contributed by atoms with E-state index in [-0.39, 0.29) is 6.61 Å². The maximum Gasteiger partial charge on any atom is 0.0703 e.